The second-order valence-corrected chi connectivity index (χ2v) is 9.53. The summed E-state index contributed by atoms with van der Waals surface area (Å²) in [5.41, 5.74) is 1.95. The number of aryl methyl sites for hydroxylation is 1. The number of hydrogen-bond donors (Lipinski definition) is 1. The van der Waals surface area contributed by atoms with Crippen LogP contribution in [0, 0.1) is 0 Å². The minimum atomic E-state index is -0.0470. The summed E-state index contributed by atoms with van der Waals surface area (Å²) in [7, 11) is 3.82. The third-order valence-corrected chi connectivity index (χ3v) is 7.69. The number of H-pyrrole nitrogens is 1. The number of benzene rings is 1. The summed E-state index contributed by atoms with van der Waals surface area (Å²) in [5, 5.41) is 1.95. The molecule has 0 radical (unpaired) electrons. The van der Waals surface area contributed by atoms with Crippen molar-refractivity contribution in [1.82, 2.24) is 14.9 Å². The molecule has 5 nitrogen and oxygen atoms in total. The van der Waals surface area contributed by atoms with Crippen molar-refractivity contribution < 1.29 is 4.74 Å². The van der Waals surface area contributed by atoms with E-state index >= 15 is 0 Å². The van der Waals surface area contributed by atoms with Gasteiger partial charge in [-0.05, 0) is 57.1 Å². The highest BCUT2D eigenvalue weighted by atomic mass is 32.2. The lowest BCUT2D eigenvalue weighted by atomic mass is 10.0. The Morgan fingerprint density at radius 1 is 1.36 bits per heavy atom. The van der Waals surface area contributed by atoms with Gasteiger partial charge in [0.1, 0.15) is 10.6 Å². The average Bonchev–Trinajstić information content (AvgIpc) is 3.09. The third kappa shape index (κ3) is 3.83. The topological polar surface area (TPSA) is 58.2 Å². The number of ether oxygens (including phenoxy) is 1. The third-order valence-electron chi connectivity index (χ3n) is 5.24. The van der Waals surface area contributed by atoms with Gasteiger partial charge < -0.3 is 14.6 Å². The summed E-state index contributed by atoms with van der Waals surface area (Å²) in [4.78, 5) is 25.3. The summed E-state index contributed by atoms with van der Waals surface area (Å²) < 4.78 is 5.38. The first-order valence-electron chi connectivity index (χ1n) is 9.64. The van der Waals surface area contributed by atoms with E-state index < -0.39 is 0 Å². The lowest BCUT2D eigenvalue weighted by Crippen LogP contribution is -2.31. The number of aromatic nitrogens is 2. The molecule has 1 aliphatic rings. The monoisotopic (exact) mass is 415 g/mol. The van der Waals surface area contributed by atoms with Crippen molar-refractivity contribution in [3.05, 3.63) is 39.5 Å². The summed E-state index contributed by atoms with van der Waals surface area (Å²) in [6, 6.07) is 7.90. The molecule has 3 heterocycles. The van der Waals surface area contributed by atoms with Crippen LogP contribution in [0.5, 0.6) is 5.75 Å². The summed E-state index contributed by atoms with van der Waals surface area (Å²) in [6.07, 6.45) is 3.12. The number of piperidine rings is 1. The number of likely N-dealkylation sites (tertiary alicyclic amines) is 1. The molecule has 0 spiro atoms. The summed E-state index contributed by atoms with van der Waals surface area (Å²) >= 11 is 3.34. The van der Waals surface area contributed by atoms with E-state index in [1.165, 1.54) is 4.88 Å². The van der Waals surface area contributed by atoms with Crippen LogP contribution in [0.2, 0.25) is 0 Å². The maximum atomic E-state index is 13.0. The van der Waals surface area contributed by atoms with E-state index in [0.29, 0.717) is 10.6 Å². The number of hydrogen-bond acceptors (Lipinski definition) is 6. The fraction of sp³-hybridized carbons (Fsp3) is 0.429. The molecule has 2 aromatic heterocycles. The van der Waals surface area contributed by atoms with E-state index in [0.717, 1.165) is 59.2 Å². The molecule has 1 aromatic carbocycles. The maximum absolute atomic E-state index is 13.0. The highest BCUT2D eigenvalue weighted by Gasteiger charge is 2.22. The van der Waals surface area contributed by atoms with E-state index in [1.807, 2.05) is 24.3 Å². The van der Waals surface area contributed by atoms with E-state index in [-0.39, 0.29) is 5.56 Å². The quantitative estimate of drug-likeness (QED) is 0.626. The molecular weight excluding hydrogens is 390 g/mol. The highest BCUT2D eigenvalue weighted by Crippen LogP contribution is 2.38. The normalized spacial score (nSPS) is 16.0. The summed E-state index contributed by atoms with van der Waals surface area (Å²) in [6.45, 7) is 4.32. The zero-order valence-electron chi connectivity index (χ0n) is 16.4. The lowest BCUT2D eigenvalue weighted by molar-refractivity contribution is 0.282. The van der Waals surface area contributed by atoms with Gasteiger partial charge in [-0.2, -0.15) is 0 Å². The first kappa shape index (κ1) is 19.5. The number of rotatable bonds is 5. The smallest absolute Gasteiger partial charge is 0.260 e. The Labute approximate surface area is 173 Å². The van der Waals surface area contributed by atoms with Gasteiger partial charge in [-0.1, -0.05) is 30.8 Å². The molecular formula is C21H25N3O2S2. The van der Waals surface area contributed by atoms with Crippen LogP contribution in [0.4, 0.5) is 0 Å². The number of aromatic amines is 1. The predicted octanol–water partition coefficient (Wildman–Crippen LogP) is 4.41. The first-order valence-corrected chi connectivity index (χ1v) is 11.3. The largest absolute Gasteiger partial charge is 0.497 e. The van der Waals surface area contributed by atoms with E-state index in [4.69, 9.17) is 9.72 Å². The molecule has 1 saturated heterocycles. The number of thioether (sulfide) groups is 1. The van der Waals surface area contributed by atoms with Crippen molar-refractivity contribution in [2.24, 2.45) is 0 Å². The second-order valence-electron chi connectivity index (χ2n) is 7.16. The Hall–Kier alpha value is -1.83. The van der Waals surface area contributed by atoms with Crippen molar-refractivity contribution in [3.63, 3.8) is 0 Å². The van der Waals surface area contributed by atoms with Gasteiger partial charge in [0, 0.05) is 15.7 Å². The van der Waals surface area contributed by atoms with Gasteiger partial charge in [0.05, 0.1) is 12.5 Å². The van der Waals surface area contributed by atoms with Gasteiger partial charge in [0.25, 0.3) is 5.56 Å². The second kappa shape index (κ2) is 8.27. The van der Waals surface area contributed by atoms with Crippen LogP contribution < -0.4 is 10.3 Å². The molecule has 4 rings (SSSR count). The molecule has 148 valence electrons. The van der Waals surface area contributed by atoms with Crippen LogP contribution in [-0.4, -0.2) is 47.4 Å². The SMILES string of the molecule is CCc1sc2nc(SC3CCN(C)CC3)[nH]c(=O)c2c1-c1cccc(OC)c1. The standard InChI is InChI=1S/C21H25N3O2S2/c1-4-16-17(13-6-5-7-14(12-13)26-3)18-19(25)22-21(23-20(18)28-16)27-15-8-10-24(2)11-9-15/h5-7,12,15H,4,8-11H2,1-3H3,(H,22,23,25). The number of fused-ring (bicyclic) bond motifs is 1. The minimum Gasteiger partial charge on any atom is -0.497 e. The van der Waals surface area contributed by atoms with Crippen LogP contribution in [0.3, 0.4) is 0 Å². The molecule has 1 N–H and O–H groups in total. The van der Waals surface area contributed by atoms with Crippen LogP contribution in [0.25, 0.3) is 21.3 Å². The molecule has 1 aliphatic heterocycles. The van der Waals surface area contributed by atoms with Crippen LogP contribution in [0.1, 0.15) is 24.6 Å². The fourth-order valence-electron chi connectivity index (χ4n) is 3.68. The van der Waals surface area contributed by atoms with Crippen molar-refractivity contribution in [1.29, 1.82) is 0 Å². The lowest BCUT2D eigenvalue weighted by Gasteiger charge is -2.27. The fourth-order valence-corrected chi connectivity index (χ4v) is 5.93. The van der Waals surface area contributed by atoms with E-state index in [2.05, 4.69) is 23.9 Å². The number of nitrogens with zero attached hydrogens (tertiary/aromatic N) is 2. The van der Waals surface area contributed by atoms with E-state index in [9.17, 15) is 4.79 Å². The van der Waals surface area contributed by atoms with Gasteiger partial charge in [-0.25, -0.2) is 4.98 Å². The first-order chi connectivity index (χ1) is 13.6. The van der Waals surface area contributed by atoms with Gasteiger partial charge in [0.15, 0.2) is 5.16 Å². The van der Waals surface area contributed by atoms with Crippen LogP contribution in [-0.2, 0) is 6.42 Å². The zero-order valence-corrected chi connectivity index (χ0v) is 18.1. The Bertz CT molecular complexity index is 1040. The van der Waals surface area contributed by atoms with Gasteiger partial charge in [-0.15, -0.1) is 11.3 Å². The van der Waals surface area contributed by atoms with E-state index in [1.54, 1.807) is 30.2 Å². The Morgan fingerprint density at radius 3 is 2.86 bits per heavy atom. The molecule has 0 amide bonds. The van der Waals surface area contributed by atoms with Gasteiger partial charge in [-0.3, -0.25) is 4.79 Å². The molecule has 7 heteroatoms. The molecule has 0 atom stereocenters. The number of methoxy groups -OCH3 is 1. The van der Waals surface area contributed by atoms with Crippen molar-refractivity contribution in [3.8, 4) is 16.9 Å². The van der Waals surface area contributed by atoms with Crippen molar-refractivity contribution >= 4 is 33.3 Å². The number of thiophene rings is 1. The minimum absolute atomic E-state index is 0.0470. The molecule has 0 unspecified atom stereocenters. The summed E-state index contributed by atoms with van der Waals surface area (Å²) in [5.74, 6) is 0.790. The number of nitrogens with one attached hydrogen (secondary N) is 1. The Kier molecular flexibility index (Phi) is 5.75. The predicted molar refractivity (Wildman–Crippen MR) is 118 cm³/mol. The molecule has 1 fully saturated rings. The van der Waals surface area contributed by atoms with Crippen LogP contribution >= 0.6 is 23.1 Å². The molecule has 0 aliphatic carbocycles. The zero-order chi connectivity index (χ0) is 19.7. The maximum Gasteiger partial charge on any atom is 0.260 e. The Morgan fingerprint density at radius 2 is 2.14 bits per heavy atom. The van der Waals surface area contributed by atoms with Crippen molar-refractivity contribution in [2.75, 3.05) is 27.2 Å². The molecule has 28 heavy (non-hydrogen) atoms. The average molecular weight is 416 g/mol. The highest BCUT2D eigenvalue weighted by molar-refractivity contribution is 7.99. The van der Waals surface area contributed by atoms with Gasteiger partial charge in [0.2, 0.25) is 0 Å². The molecule has 0 saturated carbocycles. The Balaban J connectivity index is 1.74. The molecule has 0 bridgehead atoms. The van der Waals surface area contributed by atoms with Crippen LogP contribution in [0.15, 0.2) is 34.2 Å². The van der Waals surface area contributed by atoms with Crippen molar-refractivity contribution in [2.45, 2.75) is 36.6 Å². The molecule has 3 aromatic rings. The van der Waals surface area contributed by atoms with Gasteiger partial charge >= 0.3 is 0 Å².